The van der Waals surface area contributed by atoms with Gasteiger partial charge in [0.05, 0.1) is 29.4 Å². The van der Waals surface area contributed by atoms with E-state index in [1.165, 1.54) is 6.07 Å². The van der Waals surface area contributed by atoms with E-state index < -0.39 is 5.82 Å². The van der Waals surface area contributed by atoms with Gasteiger partial charge in [-0.25, -0.2) is 9.37 Å². The Hall–Kier alpha value is -3.93. The zero-order valence-corrected chi connectivity index (χ0v) is 19.2. The fourth-order valence-corrected chi connectivity index (χ4v) is 4.62. The second-order valence-corrected chi connectivity index (χ2v) is 8.59. The van der Waals surface area contributed by atoms with Crippen molar-refractivity contribution in [3.63, 3.8) is 0 Å². The first kappa shape index (κ1) is 21.9. The Morgan fingerprint density at radius 1 is 1.24 bits per heavy atom. The summed E-state index contributed by atoms with van der Waals surface area (Å²) >= 11 is 0. The number of ether oxygens (including phenoxy) is 1. The normalized spacial score (nSPS) is 18.1. The van der Waals surface area contributed by atoms with Gasteiger partial charge < -0.3 is 10.1 Å². The van der Waals surface area contributed by atoms with Crippen LogP contribution < -0.4 is 10.1 Å². The SMILES string of the molecule is CCNc1cc2c(cn1)c(-c1cnn(C)c1)nn2C1CCC(Oc2cccc(C#N)c2F)CC1. The number of pyridine rings is 1. The lowest BCUT2D eigenvalue weighted by molar-refractivity contribution is 0.126. The third-order valence-corrected chi connectivity index (χ3v) is 6.29. The summed E-state index contributed by atoms with van der Waals surface area (Å²) in [6.07, 6.45) is 8.80. The van der Waals surface area contributed by atoms with Gasteiger partial charge in [0.1, 0.15) is 17.6 Å². The molecule has 0 radical (unpaired) electrons. The van der Waals surface area contributed by atoms with Crippen molar-refractivity contribution >= 4 is 16.7 Å². The molecule has 4 aromatic rings. The van der Waals surface area contributed by atoms with Crippen LogP contribution in [0, 0.1) is 17.1 Å². The summed E-state index contributed by atoms with van der Waals surface area (Å²) in [6.45, 7) is 2.83. The number of halogens is 1. The molecule has 1 saturated carbocycles. The molecule has 1 aromatic carbocycles. The molecule has 3 aromatic heterocycles. The van der Waals surface area contributed by atoms with Gasteiger partial charge in [-0.05, 0) is 44.7 Å². The maximum absolute atomic E-state index is 14.4. The third-order valence-electron chi connectivity index (χ3n) is 6.29. The highest BCUT2D eigenvalue weighted by Crippen LogP contribution is 2.36. The lowest BCUT2D eigenvalue weighted by atomic mass is 9.93. The molecule has 0 spiro atoms. The van der Waals surface area contributed by atoms with Gasteiger partial charge in [0.15, 0.2) is 11.6 Å². The number of benzene rings is 1. The number of aromatic nitrogens is 5. The van der Waals surface area contributed by atoms with E-state index in [1.807, 2.05) is 38.6 Å². The fraction of sp³-hybridized carbons (Fsp3) is 0.360. The van der Waals surface area contributed by atoms with E-state index in [0.29, 0.717) is 0 Å². The minimum atomic E-state index is -0.588. The van der Waals surface area contributed by atoms with Crippen LogP contribution in [0.4, 0.5) is 10.2 Å². The molecule has 0 amide bonds. The molecule has 1 N–H and O–H groups in total. The van der Waals surface area contributed by atoms with Crippen LogP contribution in [0.2, 0.25) is 0 Å². The molecule has 174 valence electrons. The Morgan fingerprint density at radius 2 is 2.06 bits per heavy atom. The Balaban J connectivity index is 1.40. The summed E-state index contributed by atoms with van der Waals surface area (Å²) in [5.74, 6) is 0.376. The predicted octanol–water partition coefficient (Wildman–Crippen LogP) is 4.84. The molecule has 0 aliphatic heterocycles. The topological polar surface area (TPSA) is 93.6 Å². The quantitative estimate of drug-likeness (QED) is 0.444. The van der Waals surface area contributed by atoms with E-state index in [4.69, 9.17) is 15.1 Å². The zero-order chi connectivity index (χ0) is 23.7. The molecule has 1 aliphatic rings. The van der Waals surface area contributed by atoms with Gasteiger partial charge in [0.2, 0.25) is 0 Å². The number of fused-ring (bicyclic) bond motifs is 1. The lowest BCUT2D eigenvalue weighted by Crippen LogP contribution is -2.26. The Bertz CT molecular complexity index is 1360. The van der Waals surface area contributed by atoms with Crippen LogP contribution in [0.3, 0.4) is 0 Å². The number of aryl methyl sites for hydroxylation is 1. The number of rotatable bonds is 6. The van der Waals surface area contributed by atoms with E-state index in [-0.39, 0.29) is 23.5 Å². The largest absolute Gasteiger partial charge is 0.487 e. The zero-order valence-electron chi connectivity index (χ0n) is 19.2. The van der Waals surface area contributed by atoms with Gasteiger partial charge >= 0.3 is 0 Å². The molecule has 1 fully saturated rings. The monoisotopic (exact) mass is 459 g/mol. The first-order chi connectivity index (χ1) is 16.6. The van der Waals surface area contributed by atoms with Crippen molar-refractivity contribution in [2.75, 3.05) is 11.9 Å². The maximum atomic E-state index is 14.4. The Labute approximate surface area is 197 Å². The molecule has 9 heteroatoms. The summed E-state index contributed by atoms with van der Waals surface area (Å²) in [7, 11) is 1.89. The molecular formula is C25H26FN7O. The molecule has 0 unspecified atom stereocenters. The van der Waals surface area contributed by atoms with Crippen molar-refractivity contribution in [1.29, 1.82) is 5.26 Å². The number of nitrogens with one attached hydrogen (secondary N) is 1. The minimum Gasteiger partial charge on any atom is -0.487 e. The molecular weight excluding hydrogens is 433 g/mol. The number of nitriles is 1. The average molecular weight is 460 g/mol. The second-order valence-electron chi connectivity index (χ2n) is 8.59. The lowest BCUT2D eigenvalue weighted by Gasteiger charge is -2.29. The smallest absolute Gasteiger partial charge is 0.182 e. The molecule has 1 aliphatic carbocycles. The number of nitrogens with zero attached hydrogens (tertiary/aromatic N) is 6. The van der Waals surface area contributed by atoms with E-state index in [0.717, 1.165) is 60.2 Å². The van der Waals surface area contributed by atoms with Crippen LogP contribution in [-0.2, 0) is 7.05 Å². The summed E-state index contributed by atoms with van der Waals surface area (Å²) in [5, 5.41) is 22.6. The van der Waals surface area contributed by atoms with Gasteiger partial charge in [0, 0.05) is 43.0 Å². The highest BCUT2D eigenvalue weighted by Gasteiger charge is 2.27. The molecule has 0 atom stereocenters. The highest BCUT2D eigenvalue weighted by molar-refractivity contribution is 5.93. The van der Waals surface area contributed by atoms with E-state index in [9.17, 15) is 4.39 Å². The fourth-order valence-electron chi connectivity index (χ4n) is 4.62. The highest BCUT2D eigenvalue weighted by atomic mass is 19.1. The van der Waals surface area contributed by atoms with Crippen molar-refractivity contribution in [2.45, 2.75) is 44.8 Å². The van der Waals surface area contributed by atoms with E-state index in [2.05, 4.69) is 26.1 Å². The predicted molar refractivity (Wildman–Crippen MR) is 127 cm³/mol. The number of anilines is 1. The number of hydrogen-bond donors (Lipinski definition) is 1. The van der Waals surface area contributed by atoms with Crippen molar-refractivity contribution in [1.82, 2.24) is 24.5 Å². The van der Waals surface area contributed by atoms with Crippen LogP contribution in [0.5, 0.6) is 5.75 Å². The van der Waals surface area contributed by atoms with Crippen LogP contribution in [0.1, 0.15) is 44.2 Å². The van der Waals surface area contributed by atoms with Crippen LogP contribution in [0.25, 0.3) is 22.2 Å². The van der Waals surface area contributed by atoms with Gasteiger partial charge in [-0.15, -0.1) is 0 Å². The second kappa shape index (κ2) is 9.14. The van der Waals surface area contributed by atoms with E-state index >= 15 is 0 Å². The summed E-state index contributed by atoms with van der Waals surface area (Å²) in [5.41, 5.74) is 2.85. The van der Waals surface area contributed by atoms with Crippen LogP contribution in [0.15, 0.2) is 42.9 Å². The Morgan fingerprint density at radius 3 is 2.76 bits per heavy atom. The van der Waals surface area contributed by atoms with Gasteiger partial charge in [0.25, 0.3) is 0 Å². The molecule has 3 heterocycles. The van der Waals surface area contributed by atoms with Gasteiger partial charge in [-0.3, -0.25) is 9.36 Å². The first-order valence-electron chi connectivity index (χ1n) is 11.5. The van der Waals surface area contributed by atoms with Crippen molar-refractivity contribution < 1.29 is 9.13 Å². The molecule has 8 nitrogen and oxygen atoms in total. The summed E-state index contributed by atoms with van der Waals surface area (Å²) < 4.78 is 24.2. The van der Waals surface area contributed by atoms with E-state index in [1.54, 1.807) is 16.8 Å². The third kappa shape index (κ3) is 4.07. The standard InChI is InChI=1S/C25H26FN7O/c1-3-28-23-11-21-20(14-29-23)25(17-13-30-32(2)15-17)31-33(21)18-7-9-19(10-8-18)34-22-6-4-5-16(12-27)24(22)26/h4-6,11,13-15,18-19H,3,7-10H2,1-2H3,(H,28,29). The van der Waals surface area contributed by atoms with Crippen molar-refractivity contribution in [3.8, 4) is 23.1 Å². The molecule has 34 heavy (non-hydrogen) atoms. The maximum Gasteiger partial charge on any atom is 0.182 e. The van der Waals surface area contributed by atoms with Gasteiger partial charge in [-0.2, -0.15) is 15.5 Å². The summed E-state index contributed by atoms with van der Waals surface area (Å²) in [6, 6.07) is 8.80. The average Bonchev–Trinajstić information content (AvgIpc) is 3.44. The minimum absolute atomic E-state index is 0.00207. The summed E-state index contributed by atoms with van der Waals surface area (Å²) in [4.78, 5) is 4.56. The molecule has 5 rings (SSSR count). The van der Waals surface area contributed by atoms with Crippen molar-refractivity contribution in [3.05, 3.63) is 54.2 Å². The Kier molecular flexibility index (Phi) is 5.88. The van der Waals surface area contributed by atoms with Crippen LogP contribution >= 0.6 is 0 Å². The molecule has 0 saturated heterocycles. The van der Waals surface area contributed by atoms with Crippen molar-refractivity contribution in [2.24, 2.45) is 7.05 Å². The van der Waals surface area contributed by atoms with Gasteiger partial charge in [-0.1, -0.05) is 6.07 Å². The number of hydrogen-bond acceptors (Lipinski definition) is 6. The first-order valence-corrected chi connectivity index (χ1v) is 11.5. The van der Waals surface area contributed by atoms with Crippen LogP contribution in [-0.4, -0.2) is 37.2 Å². The molecule has 0 bridgehead atoms.